The zero-order valence-electron chi connectivity index (χ0n) is 10.2. The van der Waals surface area contributed by atoms with Crippen LogP contribution in [0.1, 0.15) is 31.9 Å². The quantitative estimate of drug-likeness (QED) is 0.753. The van der Waals surface area contributed by atoms with Gasteiger partial charge in [0, 0.05) is 18.5 Å². The Balaban J connectivity index is 1.58. The molecule has 4 nitrogen and oxygen atoms in total. The van der Waals surface area contributed by atoms with Gasteiger partial charge in [-0.1, -0.05) is 0 Å². The molecule has 1 aromatic rings. The number of furan rings is 1. The van der Waals surface area contributed by atoms with Crippen LogP contribution in [0.4, 0.5) is 0 Å². The van der Waals surface area contributed by atoms with E-state index in [-0.39, 0.29) is 11.9 Å². The van der Waals surface area contributed by atoms with Gasteiger partial charge in [-0.05, 0) is 38.3 Å². The molecule has 1 aromatic heterocycles. The van der Waals surface area contributed by atoms with Crippen LogP contribution < -0.4 is 10.6 Å². The van der Waals surface area contributed by atoms with Gasteiger partial charge in [0.25, 0.3) is 0 Å². The summed E-state index contributed by atoms with van der Waals surface area (Å²) in [4.78, 5) is 11.5. The molecule has 2 rings (SSSR count). The second-order valence-corrected chi connectivity index (χ2v) is 4.74. The third-order valence-electron chi connectivity index (χ3n) is 2.94. The number of hydrogen-bond acceptors (Lipinski definition) is 3. The molecule has 0 aliphatic heterocycles. The van der Waals surface area contributed by atoms with Gasteiger partial charge in [0.2, 0.25) is 5.91 Å². The molecule has 1 saturated carbocycles. The summed E-state index contributed by atoms with van der Waals surface area (Å²) < 4.78 is 5.25. The van der Waals surface area contributed by atoms with E-state index < -0.39 is 0 Å². The van der Waals surface area contributed by atoms with Crippen molar-refractivity contribution >= 4 is 5.91 Å². The molecule has 1 atom stereocenters. The number of nitrogens with one attached hydrogen (secondary N) is 2. The predicted octanol–water partition coefficient (Wildman–Crippen LogP) is 1.47. The minimum atomic E-state index is 0.0869. The van der Waals surface area contributed by atoms with E-state index in [1.165, 1.54) is 12.8 Å². The van der Waals surface area contributed by atoms with E-state index in [1.54, 1.807) is 6.26 Å². The third kappa shape index (κ3) is 4.61. The summed E-state index contributed by atoms with van der Waals surface area (Å²) in [5.41, 5.74) is 0. The molecule has 1 aliphatic rings. The molecule has 0 bridgehead atoms. The molecule has 1 heterocycles. The molecule has 94 valence electrons. The van der Waals surface area contributed by atoms with Crippen molar-refractivity contribution in [1.82, 2.24) is 10.6 Å². The Morgan fingerprint density at radius 2 is 2.41 bits per heavy atom. The highest BCUT2D eigenvalue weighted by atomic mass is 16.3. The molecule has 0 aromatic carbocycles. The lowest BCUT2D eigenvalue weighted by Crippen LogP contribution is -2.39. The minimum Gasteiger partial charge on any atom is -0.469 e. The predicted molar refractivity (Wildman–Crippen MR) is 65.7 cm³/mol. The van der Waals surface area contributed by atoms with E-state index in [9.17, 15) is 4.79 Å². The summed E-state index contributed by atoms with van der Waals surface area (Å²) in [5.74, 6) is 1.06. The van der Waals surface area contributed by atoms with Crippen LogP contribution in [-0.2, 0) is 11.2 Å². The maximum Gasteiger partial charge on any atom is 0.234 e. The molecule has 0 radical (unpaired) electrons. The number of aryl methyl sites for hydroxylation is 1. The van der Waals surface area contributed by atoms with Crippen molar-refractivity contribution in [3.63, 3.8) is 0 Å². The normalized spacial score (nSPS) is 16.8. The van der Waals surface area contributed by atoms with Crippen molar-refractivity contribution in [1.29, 1.82) is 0 Å². The topological polar surface area (TPSA) is 54.3 Å². The Morgan fingerprint density at radius 1 is 1.59 bits per heavy atom. The fourth-order valence-electron chi connectivity index (χ4n) is 1.74. The summed E-state index contributed by atoms with van der Waals surface area (Å²) in [7, 11) is 0. The molecule has 1 amide bonds. The minimum absolute atomic E-state index is 0.0869. The molecule has 17 heavy (non-hydrogen) atoms. The average Bonchev–Trinajstić information content (AvgIpc) is 2.99. The summed E-state index contributed by atoms with van der Waals surface area (Å²) >= 11 is 0. The Hall–Kier alpha value is -1.29. The Labute approximate surface area is 102 Å². The zero-order valence-corrected chi connectivity index (χ0v) is 10.2. The highest BCUT2D eigenvalue weighted by molar-refractivity contribution is 5.78. The van der Waals surface area contributed by atoms with Crippen LogP contribution in [0.5, 0.6) is 0 Å². The van der Waals surface area contributed by atoms with E-state index in [0.717, 1.165) is 18.6 Å². The molecule has 2 N–H and O–H groups in total. The highest BCUT2D eigenvalue weighted by Gasteiger charge is 2.21. The Morgan fingerprint density at radius 3 is 3.06 bits per heavy atom. The fraction of sp³-hybridized carbons (Fsp3) is 0.615. The van der Waals surface area contributed by atoms with Crippen LogP contribution in [0.25, 0.3) is 0 Å². The van der Waals surface area contributed by atoms with Crippen LogP contribution in [0.15, 0.2) is 22.8 Å². The van der Waals surface area contributed by atoms with Gasteiger partial charge < -0.3 is 15.1 Å². The first-order valence-electron chi connectivity index (χ1n) is 6.29. The fourth-order valence-corrected chi connectivity index (χ4v) is 1.74. The van der Waals surface area contributed by atoms with Crippen LogP contribution in [-0.4, -0.2) is 24.5 Å². The maximum atomic E-state index is 11.5. The zero-order chi connectivity index (χ0) is 12.1. The molecule has 4 heteroatoms. The Bertz CT molecular complexity index is 344. The van der Waals surface area contributed by atoms with Gasteiger partial charge in [-0.25, -0.2) is 0 Å². The summed E-state index contributed by atoms with van der Waals surface area (Å²) in [6, 6.07) is 4.62. The Kier molecular flexibility index (Phi) is 4.20. The lowest BCUT2D eigenvalue weighted by molar-refractivity contribution is -0.120. The second-order valence-electron chi connectivity index (χ2n) is 4.74. The van der Waals surface area contributed by atoms with Crippen LogP contribution in [0.3, 0.4) is 0 Å². The second kappa shape index (κ2) is 5.87. The molecule has 1 fully saturated rings. The van der Waals surface area contributed by atoms with E-state index in [4.69, 9.17) is 4.42 Å². The standard InChI is InChI=1S/C13H20N2O2/c1-10(4-7-12-3-2-8-17-12)15-13(16)9-14-11-5-6-11/h2-3,8,10-11,14H,4-7,9H2,1H3,(H,15,16). The van der Waals surface area contributed by atoms with Crippen molar-refractivity contribution in [2.45, 2.75) is 44.7 Å². The van der Waals surface area contributed by atoms with E-state index in [2.05, 4.69) is 10.6 Å². The van der Waals surface area contributed by atoms with Gasteiger partial charge in [0.05, 0.1) is 12.8 Å². The van der Waals surface area contributed by atoms with Gasteiger partial charge in [-0.2, -0.15) is 0 Å². The van der Waals surface area contributed by atoms with Gasteiger partial charge in [0.15, 0.2) is 0 Å². The lowest BCUT2D eigenvalue weighted by Gasteiger charge is -2.13. The molecule has 1 unspecified atom stereocenters. The molecule has 0 spiro atoms. The SMILES string of the molecule is CC(CCc1ccco1)NC(=O)CNC1CC1. The van der Waals surface area contributed by atoms with Crippen molar-refractivity contribution in [2.24, 2.45) is 0 Å². The van der Waals surface area contributed by atoms with Gasteiger partial charge >= 0.3 is 0 Å². The van der Waals surface area contributed by atoms with Gasteiger partial charge in [-0.3, -0.25) is 4.79 Å². The first-order valence-corrected chi connectivity index (χ1v) is 6.29. The third-order valence-corrected chi connectivity index (χ3v) is 2.94. The van der Waals surface area contributed by atoms with E-state index in [1.807, 2.05) is 19.1 Å². The first-order chi connectivity index (χ1) is 8.24. The van der Waals surface area contributed by atoms with Crippen molar-refractivity contribution in [2.75, 3.05) is 6.54 Å². The van der Waals surface area contributed by atoms with Crippen molar-refractivity contribution in [3.8, 4) is 0 Å². The largest absolute Gasteiger partial charge is 0.469 e. The van der Waals surface area contributed by atoms with Crippen molar-refractivity contribution < 1.29 is 9.21 Å². The average molecular weight is 236 g/mol. The molecule has 0 saturated heterocycles. The van der Waals surface area contributed by atoms with E-state index >= 15 is 0 Å². The van der Waals surface area contributed by atoms with Crippen molar-refractivity contribution in [3.05, 3.63) is 24.2 Å². The highest BCUT2D eigenvalue weighted by Crippen LogP contribution is 2.17. The summed E-state index contributed by atoms with van der Waals surface area (Å²) in [6.07, 6.45) is 5.87. The monoisotopic (exact) mass is 236 g/mol. The van der Waals surface area contributed by atoms with Crippen LogP contribution in [0, 0.1) is 0 Å². The van der Waals surface area contributed by atoms with Crippen LogP contribution >= 0.6 is 0 Å². The number of amides is 1. The van der Waals surface area contributed by atoms with Gasteiger partial charge in [-0.15, -0.1) is 0 Å². The van der Waals surface area contributed by atoms with Gasteiger partial charge in [0.1, 0.15) is 5.76 Å². The summed E-state index contributed by atoms with van der Waals surface area (Å²) in [5, 5.41) is 6.18. The lowest BCUT2D eigenvalue weighted by atomic mass is 10.1. The first kappa shape index (κ1) is 12.2. The molecule has 1 aliphatic carbocycles. The summed E-state index contributed by atoms with van der Waals surface area (Å²) in [6.45, 7) is 2.47. The smallest absolute Gasteiger partial charge is 0.234 e. The number of carbonyl (C=O) groups excluding carboxylic acids is 1. The number of rotatable bonds is 7. The number of hydrogen-bond donors (Lipinski definition) is 2. The molecular weight excluding hydrogens is 216 g/mol. The maximum absolute atomic E-state index is 11.5. The van der Waals surface area contributed by atoms with E-state index in [0.29, 0.717) is 12.6 Å². The number of carbonyl (C=O) groups is 1. The van der Waals surface area contributed by atoms with Crippen LogP contribution in [0.2, 0.25) is 0 Å². The molecular formula is C13H20N2O2.